The topological polar surface area (TPSA) is 39.1 Å². The van der Waals surface area contributed by atoms with E-state index >= 15 is 0 Å². The molecule has 5 heteroatoms. The van der Waals surface area contributed by atoms with E-state index in [1.165, 1.54) is 6.07 Å². The molecule has 96 valence electrons. The molecule has 0 bridgehead atoms. The molecule has 0 fully saturated rings. The molecular weight excluding hydrogens is 233 g/mol. The van der Waals surface area contributed by atoms with E-state index < -0.39 is 0 Å². The molecule has 0 unspecified atom stereocenters. The summed E-state index contributed by atoms with van der Waals surface area (Å²) in [7, 11) is 1.67. The Kier molecular flexibility index (Phi) is 4.30. The van der Waals surface area contributed by atoms with Gasteiger partial charge in [-0.1, -0.05) is 12.1 Å². The molecule has 4 nitrogen and oxygen atoms in total. The average Bonchev–Trinajstić information content (AvgIpc) is 2.83. The summed E-state index contributed by atoms with van der Waals surface area (Å²) in [5.74, 6) is 0.367. The van der Waals surface area contributed by atoms with Crippen LogP contribution < -0.4 is 5.32 Å². The van der Waals surface area contributed by atoms with Crippen LogP contribution in [0.1, 0.15) is 6.42 Å². The van der Waals surface area contributed by atoms with E-state index in [4.69, 9.17) is 4.74 Å². The number of hydrogen-bond acceptors (Lipinski definition) is 3. The molecular formula is C13H16FN3O. The van der Waals surface area contributed by atoms with Crippen LogP contribution in [0, 0.1) is 5.82 Å². The second-order valence-corrected chi connectivity index (χ2v) is 3.85. The number of aromatic nitrogens is 2. The van der Waals surface area contributed by atoms with E-state index in [-0.39, 0.29) is 5.82 Å². The third kappa shape index (κ3) is 2.87. The molecule has 0 aliphatic carbocycles. The number of hydrogen-bond donors (Lipinski definition) is 1. The van der Waals surface area contributed by atoms with Crippen molar-refractivity contribution in [3.8, 4) is 5.69 Å². The summed E-state index contributed by atoms with van der Waals surface area (Å²) >= 11 is 0. The number of benzene rings is 1. The highest BCUT2D eigenvalue weighted by Gasteiger charge is 2.07. The Morgan fingerprint density at radius 1 is 1.39 bits per heavy atom. The van der Waals surface area contributed by atoms with Crippen molar-refractivity contribution in [3.05, 3.63) is 42.5 Å². The van der Waals surface area contributed by atoms with Gasteiger partial charge in [-0.2, -0.15) is 0 Å². The first-order valence-corrected chi connectivity index (χ1v) is 5.84. The molecule has 1 aromatic heterocycles. The number of nitrogens with one attached hydrogen (secondary N) is 1. The van der Waals surface area contributed by atoms with Crippen LogP contribution in [0.4, 0.5) is 10.3 Å². The number of rotatable bonds is 6. The Balaban J connectivity index is 2.10. The van der Waals surface area contributed by atoms with Gasteiger partial charge in [-0.05, 0) is 18.6 Å². The van der Waals surface area contributed by atoms with Gasteiger partial charge in [0, 0.05) is 32.7 Å². The standard InChI is InChI=1S/C13H16FN3O/c1-18-10-4-7-15-13-16-8-9-17(13)12-6-3-2-5-11(12)14/h2-3,5-6,8-9H,4,7,10H2,1H3,(H,15,16). The molecule has 0 aliphatic rings. The van der Waals surface area contributed by atoms with Gasteiger partial charge in [0.15, 0.2) is 0 Å². The fourth-order valence-corrected chi connectivity index (χ4v) is 1.69. The van der Waals surface area contributed by atoms with Gasteiger partial charge in [0.25, 0.3) is 0 Å². The Morgan fingerprint density at radius 3 is 3.00 bits per heavy atom. The molecule has 1 heterocycles. The lowest BCUT2D eigenvalue weighted by Gasteiger charge is -2.10. The van der Waals surface area contributed by atoms with Crippen LogP contribution >= 0.6 is 0 Å². The van der Waals surface area contributed by atoms with Crippen molar-refractivity contribution < 1.29 is 9.13 Å². The number of anilines is 1. The average molecular weight is 249 g/mol. The maximum atomic E-state index is 13.7. The Bertz CT molecular complexity index is 498. The van der Waals surface area contributed by atoms with Crippen LogP contribution in [0.5, 0.6) is 0 Å². The van der Waals surface area contributed by atoms with Gasteiger partial charge in [0.05, 0.1) is 5.69 Å². The first-order chi connectivity index (χ1) is 8.83. The van der Waals surface area contributed by atoms with E-state index in [0.29, 0.717) is 18.2 Å². The molecule has 0 atom stereocenters. The number of nitrogens with zero attached hydrogens (tertiary/aromatic N) is 2. The first kappa shape index (κ1) is 12.6. The molecule has 1 aromatic carbocycles. The minimum atomic E-state index is -0.268. The number of halogens is 1. The summed E-state index contributed by atoms with van der Waals surface area (Å²) in [6, 6.07) is 6.62. The third-order valence-corrected chi connectivity index (χ3v) is 2.56. The van der Waals surface area contributed by atoms with Crippen molar-refractivity contribution in [3.63, 3.8) is 0 Å². The van der Waals surface area contributed by atoms with E-state index in [2.05, 4.69) is 10.3 Å². The van der Waals surface area contributed by atoms with E-state index in [9.17, 15) is 4.39 Å². The molecule has 0 aliphatic heterocycles. The molecule has 0 saturated heterocycles. The van der Waals surface area contributed by atoms with Crippen LogP contribution in [0.3, 0.4) is 0 Å². The minimum Gasteiger partial charge on any atom is -0.385 e. The van der Waals surface area contributed by atoms with Crippen LogP contribution in [-0.2, 0) is 4.74 Å². The molecule has 1 N–H and O–H groups in total. The maximum Gasteiger partial charge on any atom is 0.207 e. The van der Waals surface area contributed by atoms with Crippen LogP contribution in [0.25, 0.3) is 5.69 Å². The summed E-state index contributed by atoms with van der Waals surface area (Å²) in [5, 5.41) is 3.16. The van der Waals surface area contributed by atoms with Crippen molar-refractivity contribution in [2.24, 2.45) is 0 Å². The van der Waals surface area contributed by atoms with Gasteiger partial charge in [0.1, 0.15) is 5.82 Å². The van der Waals surface area contributed by atoms with Crippen LogP contribution in [0.2, 0.25) is 0 Å². The van der Waals surface area contributed by atoms with Gasteiger partial charge in [-0.15, -0.1) is 0 Å². The quantitative estimate of drug-likeness (QED) is 0.799. The van der Waals surface area contributed by atoms with Gasteiger partial charge < -0.3 is 10.1 Å². The Morgan fingerprint density at radius 2 is 2.22 bits per heavy atom. The summed E-state index contributed by atoms with van der Waals surface area (Å²) in [6.07, 6.45) is 4.25. The van der Waals surface area contributed by atoms with Gasteiger partial charge in [-0.25, -0.2) is 9.37 Å². The summed E-state index contributed by atoms with van der Waals surface area (Å²) in [6.45, 7) is 1.42. The number of ether oxygens (including phenoxy) is 1. The second kappa shape index (κ2) is 6.16. The normalized spacial score (nSPS) is 10.6. The van der Waals surface area contributed by atoms with Crippen LogP contribution in [-0.4, -0.2) is 29.8 Å². The fourth-order valence-electron chi connectivity index (χ4n) is 1.69. The van der Waals surface area contributed by atoms with E-state index in [0.717, 1.165) is 13.0 Å². The zero-order chi connectivity index (χ0) is 12.8. The highest BCUT2D eigenvalue weighted by atomic mass is 19.1. The molecule has 0 saturated carbocycles. The lowest BCUT2D eigenvalue weighted by atomic mass is 10.3. The molecule has 0 spiro atoms. The zero-order valence-electron chi connectivity index (χ0n) is 10.3. The largest absolute Gasteiger partial charge is 0.385 e. The van der Waals surface area contributed by atoms with E-state index in [1.807, 2.05) is 0 Å². The molecule has 0 amide bonds. The summed E-state index contributed by atoms with van der Waals surface area (Å²) in [5.41, 5.74) is 0.490. The second-order valence-electron chi connectivity index (χ2n) is 3.85. The van der Waals surface area contributed by atoms with Crippen LogP contribution in [0.15, 0.2) is 36.7 Å². The number of imidazole rings is 1. The number of methoxy groups -OCH3 is 1. The van der Waals surface area contributed by atoms with E-state index in [1.54, 1.807) is 42.3 Å². The summed E-state index contributed by atoms with van der Waals surface area (Å²) < 4.78 is 20.3. The predicted molar refractivity (Wildman–Crippen MR) is 68.5 cm³/mol. The monoisotopic (exact) mass is 249 g/mol. The molecule has 0 radical (unpaired) electrons. The fraction of sp³-hybridized carbons (Fsp3) is 0.308. The number of para-hydroxylation sites is 1. The molecule has 18 heavy (non-hydrogen) atoms. The maximum absolute atomic E-state index is 13.7. The van der Waals surface area contributed by atoms with Gasteiger partial charge in [-0.3, -0.25) is 4.57 Å². The van der Waals surface area contributed by atoms with Crippen molar-refractivity contribution in [1.82, 2.24) is 9.55 Å². The summed E-state index contributed by atoms with van der Waals surface area (Å²) in [4.78, 5) is 4.18. The smallest absolute Gasteiger partial charge is 0.207 e. The van der Waals surface area contributed by atoms with Gasteiger partial charge in [0.2, 0.25) is 5.95 Å². The minimum absolute atomic E-state index is 0.268. The Labute approximate surface area is 105 Å². The molecule has 2 rings (SSSR count). The molecule has 2 aromatic rings. The lowest BCUT2D eigenvalue weighted by molar-refractivity contribution is 0.197. The predicted octanol–water partition coefficient (Wildman–Crippen LogP) is 2.46. The van der Waals surface area contributed by atoms with Crippen molar-refractivity contribution >= 4 is 5.95 Å². The van der Waals surface area contributed by atoms with Crippen molar-refractivity contribution in [1.29, 1.82) is 0 Å². The SMILES string of the molecule is COCCCNc1nccn1-c1ccccc1F. The van der Waals surface area contributed by atoms with Gasteiger partial charge >= 0.3 is 0 Å². The van der Waals surface area contributed by atoms with Crippen molar-refractivity contribution in [2.75, 3.05) is 25.6 Å². The highest BCUT2D eigenvalue weighted by Crippen LogP contribution is 2.17. The zero-order valence-corrected chi connectivity index (χ0v) is 10.3. The first-order valence-electron chi connectivity index (χ1n) is 5.84. The van der Waals surface area contributed by atoms with Crippen molar-refractivity contribution in [2.45, 2.75) is 6.42 Å². The third-order valence-electron chi connectivity index (χ3n) is 2.56. The lowest BCUT2D eigenvalue weighted by Crippen LogP contribution is -2.10. The highest BCUT2D eigenvalue weighted by molar-refractivity contribution is 5.42. The Hall–Kier alpha value is -1.88.